The van der Waals surface area contributed by atoms with E-state index in [1.807, 2.05) is 12.1 Å². The van der Waals surface area contributed by atoms with Gasteiger partial charge in [-0.1, -0.05) is 12.1 Å². The fraction of sp³-hybridized carbons (Fsp3) is 0.429. The Morgan fingerprint density at radius 3 is 2.58 bits per heavy atom. The van der Waals surface area contributed by atoms with Crippen LogP contribution in [0.15, 0.2) is 42.5 Å². The lowest BCUT2D eigenvalue weighted by Gasteiger charge is -2.31. The van der Waals surface area contributed by atoms with Crippen molar-refractivity contribution in [3.05, 3.63) is 53.6 Å². The first kappa shape index (κ1) is 15.5. The van der Waals surface area contributed by atoms with Gasteiger partial charge in [-0.25, -0.2) is 0 Å². The van der Waals surface area contributed by atoms with Gasteiger partial charge in [0.15, 0.2) is 0 Å². The van der Waals surface area contributed by atoms with Gasteiger partial charge in [0.05, 0.1) is 19.8 Å². The highest BCUT2D eigenvalue weighted by Crippen LogP contribution is 2.43. The van der Waals surface area contributed by atoms with E-state index in [-0.39, 0.29) is 6.10 Å². The van der Waals surface area contributed by atoms with E-state index < -0.39 is 0 Å². The zero-order valence-electron chi connectivity index (χ0n) is 14.5. The molecule has 24 heavy (non-hydrogen) atoms. The van der Waals surface area contributed by atoms with Gasteiger partial charge in [0, 0.05) is 24.3 Å². The number of nitrogens with zero attached hydrogens (tertiary/aromatic N) is 1. The number of hydrogen-bond acceptors (Lipinski definition) is 3. The molecule has 1 aliphatic carbocycles. The Labute approximate surface area is 144 Å². The highest BCUT2D eigenvalue weighted by Gasteiger charge is 2.26. The second-order valence-corrected chi connectivity index (χ2v) is 6.90. The van der Waals surface area contributed by atoms with Gasteiger partial charge in [-0.3, -0.25) is 0 Å². The molecule has 0 aromatic heterocycles. The Morgan fingerprint density at radius 2 is 1.88 bits per heavy atom. The van der Waals surface area contributed by atoms with Crippen LogP contribution < -0.4 is 9.64 Å². The van der Waals surface area contributed by atoms with Gasteiger partial charge in [0.2, 0.25) is 0 Å². The van der Waals surface area contributed by atoms with E-state index in [2.05, 4.69) is 42.2 Å². The minimum Gasteiger partial charge on any atom is -0.497 e. The number of fused-ring (bicyclic) bond motifs is 1. The minimum atomic E-state index is 0.272. The minimum absolute atomic E-state index is 0.272. The molecule has 0 bridgehead atoms. The summed E-state index contributed by atoms with van der Waals surface area (Å²) in [5.74, 6) is 1.66. The molecule has 0 saturated heterocycles. The predicted molar refractivity (Wildman–Crippen MR) is 97.5 cm³/mol. The first-order valence-corrected chi connectivity index (χ1v) is 8.90. The molecule has 4 rings (SSSR count). The molecule has 0 N–H and O–H groups in total. The zero-order chi connectivity index (χ0) is 16.5. The SMILES string of the molecule is COc1ccc(N2CCOC(C)Cc3ccc(C4CC4)cc32)cc1. The molecule has 2 aromatic rings. The van der Waals surface area contributed by atoms with E-state index in [4.69, 9.17) is 9.47 Å². The highest BCUT2D eigenvalue weighted by molar-refractivity contribution is 5.68. The molecule has 2 aliphatic rings. The molecule has 0 amide bonds. The molecule has 2 aromatic carbocycles. The van der Waals surface area contributed by atoms with Crippen molar-refractivity contribution in [3.63, 3.8) is 0 Å². The van der Waals surface area contributed by atoms with Crippen LogP contribution in [-0.4, -0.2) is 26.4 Å². The molecule has 1 unspecified atom stereocenters. The quantitative estimate of drug-likeness (QED) is 0.819. The maximum absolute atomic E-state index is 5.96. The van der Waals surface area contributed by atoms with Gasteiger partial charge in [0.25, 0.3) is 0 Å². The smallest absolute Gasteiger partial charge is 0.119 e. The molecule has 0 spiro atoms. The van der Waals surface area contributed by atoms with Crippen LogP contribution in [0.4, 0.5) is 11.4 Å². The van der Waals surface area contributed by atoms with Crippen molar-refractivity contribution >= 4 is 11.4 Å². The summed E-state index contributed by atoms with van der Waals surface area (Å²) in [6, 6.07) is 15.4. The monoisotopic (exact) mass is 323 g/mol. The standard InChI is InChI=1S/C21H25NO2/c1-15-13-18-6-5-17(16-3-4-16)14-21(18)22(11-12-24-15)19-7-9-20(23-2)10-8-19/h5-10,14-16H,3-4,11-13H2,1-2H3. The second kappa shape index (κ2) is 6.48. The first-order valence-electron chi connectivity index (χ1n) is 8.90. The van der Waals surface area contributed by atoms with Crippen molar-refractivity contribution in [3.8, 4) is 5.75 Å². The maximum Gasteiger partial charge on any atom is 0.119 e. The van der Waals surface area contributed by atoms with Crippen molar-refractivity contribution in [1.29, 1.82) is 0 Å². The van der Waals surface area contributed by atoms with Crippen molar-refractivity contribution in [1.82, 2.24) is 0 Å². The molecule has 0 radical (unpaired) electrons. The van der Waals surface area contributed by atoms with E-state index >= 15 is 0 Å². The Kier molecular flexibility index (Phi) is 4.19. The second-order valence-electron chi connectivity index (χ2n) is 6.90. The molecule has 1 heterocycles. The van der Waals surface area contributed by atoms with Crippen molar-refractivity contribution < 1.29 is 9.47 Å². The van der Waals surface area contributed by atoms with E-state index in [1.165, 1.54) is 35.3 Å². The molecule has 1 saturated carbocycles. The fourth-order valence-corrected chi connectivity index (χ4v) is 3.54. The number of rotatable bonds is 3. The van der Waals surface area contributed by atoms with Gasteiger partial charge >= 0.3 is 0 Å². The van der Waals surface area contributed by atoms with E-state index in [0.29, 0.717) is 0 Å². The number of ether oxygens (including phenoxy) is 2. The van der Waals surface area contributed by atoms with Crippen LogP contribution >= 0.6 is 0 Å². The van der Waals surface area contributed by atoms with Crippen LogP contribution in [0, 0.1) is 0 Å². The summed E-state index contributed by atoms with van der Waals surface area (Å²) in [6.07, 6.45) is 3.91. The normalized spacial score (nSPS) is 20.9. The average Bonchev–Trinajstić information content (AvgIpc) is 3.43. The molecule has 3 nitrogen and oxygen atoms in total. The van der Waals surface area contributed by atoms with Gasteiger partial charge < -0.3 is 14.4 Å². The lowest BCUT2D eigenvalue weighted by Crippen LogP contribution is -2.29. The molecule has 1 atom stereocenters. The van der Waals surface area contributed by atoms with Gasteiger partial charge in [-0.05, 0) is 67.1 Å². The lowest BCUT2D eigenvalue weighted by atomic mass is 9.99. The van der Waals surface area contributed by atoms with E-state index in [9.17, 15) is 0 Å². The number of benzene rings is 2. The Bertz CT molecular complexity index is 706. The Hall–Kier alpha value is -2.00. The molecular formula is C21H25NO2. The van der Waals surface area contributed by atoms with Crippen LogP contribution in [0.3, 0.4) is 0 Å². The van der Waals surface area contributed by atoms with Gasteiger partial charge in [-0.2, -0.15) is 0 Å². The number of methoxy groups -OCH3 is 1. The molecule has 1 fully saturated rings. The van der Waals surface area contributed by atoms with Gasteiger partial charge in [-0.15, -0.1) is 0 Å². The molecular weight excluding hydrogens is 298 g/mol. The van der Waals surface area contributed by atoms with E-state index in [0.717, 1.165) is 31.2 Å². The van der Waals surface area contributed by atoms with Crippen molar-refractivity contribution in [2.24, 2.45) is 0 Å². The van der Waals surface area contributed by atoms with Crippen LogP contribution in [0.25, 0.3) is 0 Å². The number of hydrogen-bond donors (Lipinski definition) is 0. The fourth-order valence-electron chi connectivity index (χ4n) is 3.54. The van der Waals surface area contributed by atoms with E-state index in [1.54, 1.807) is 7.11 Å². The molecule has 3 heteroatoms. The summed E-state index contributed by atoms with van der Waals surface area (Å²) in [7, 11) is 1.71. The Balaban J connectivity index is 1.75. The summed E-state index contributed by atoms with van der Waals surface area (Å²) in [6.45, 7) is 3.79. The first-order chi connectivity index (χ1) is 11.7. The topological polar surface area (TPSA) is 21.7 Å². The summed E-state index contributed by atoms with van der Waals surface area (Å²) < 4.78 is 11.3. The highest BCUT2D eigenvalue weighted by atomic mass is 16.5. The summed E-state index contributed by atoms with van der Waals surface area (Å²) in [5, 5.41) is 0. The van der Waals surface area contributed by atoms with Gasteiger partial charge in [0.1, 0.15) is 5.75 Å². The third-order valence-corrected chi connectivity index (χ3v) is 5.06. The number of anilines is 2. The van der Waals surface area contributed by atoms with Crippen LogP contribution in [0.1, 0.15) is 36.8 Å². The summed E-state index contributed by atoms with van der Waals surface area (Å²) in [4.78, 5) is 2.40. The third kappa shape index (κ3) is 3.13. The maximum atomic E-state index is 5.96. The zero-order valence-corrected chi connectivity index (χ0v) is 14.5. The third-order valence-electron chi connectivity index (χ3n) is 5.06. The molecule has 1 aliphatic heterocycles. The predicted octanol–water partition coefficient (Wildman–Crippen LogP) is 4.67. The van der Waals surface area contributed by atoms with Crippen LogP contribution in [0.5, 0.6) is 5.75 Å². The summed E-state index contributed by atoms with van der Waals surface area (Å²) >= 11 is 0. The summed E-state index contributed by atoms with van der Waals surface area (Å²) in [5.41, 5.74) is 5.41. The average molecular weight is 323 g/mol. The van der Waals surface area contributed by atoms with Crippen molar-refractivity contribution in [2.45, 2.75) is 38.2 Å². The van der Waals surface area contributed by atoms with Crippen molar-refractivity contribution in [2.75, 3.05) is 25.2 Å². The Morgan fingerprint density at radius 1 is 1.08 bits per heavy atom. The largest absolute Gasteiger partial charge is 0.497 e. The van der Waals surface area contributed by atoms with Crippen LogP contribution in [-0.2, 0) is 11.2 Å². The molecule has 126 valence electrons. The lowest BCUT2D eigenvalue weighted by molar-refractivity contribution is 0.0703. The van der Waals surface area contributed by atoms with Crippen LogP contribution in [0.2, 0.25) is 0 Å².